The Morgan fingerprint density at radius 2 is 1.95 bits per heavy atom. The minimum absolute atomic E-state index is 0.0498. The summed E-state index contributed by atoms with van der Waals surface area (Å²) in [6, 6.07) is 5.66. The molecule has 1 heterocycles. The first kappa shape index (κ1) is 14.7. The largest absolute Gasteiger partial charge is 0.417 e. The lowest BCUT2D eigenvalue weighted by atomic mass is 9.91. The fourth-order valence-corrected chi connectivity index (χ4v) is 2.78. The molecule has 0 bridgehead atoms. The maximum absolute atomic E-state index is 13.2. The highest BCUT2D eigenvalue weighted by Gasteiger charge is 2.33. The van der Waals surface area contributed by atoms with Crippen molar-refractivity contribution in [3.63, 3.8) is 0 Å². The summed E-state index contributed by atoms with van der Waals surface area (Å²) in [6.07, 6.45) is 8.95. The Balaban J connectivity index is 1.98. The van der Waals surface area contributed by atoms with Gasteiger partial charge in [-0.2, -0.15) is 13.2 Å². The van der Waals surface area contributed by atoms with Gasteiger partial charge in [0.25, 0.3) is 0 Å². The third-order valence-electron chi connectivity index (χ3n) is 3.87. The van der Waals surface area contributed by atoms with E-state index < -0.39 is 11.7 Å². The van der Waals surface area contributed by atoms with Gasteiger partial charge in [-0.05, 0) is 47.9 Å². The van der Waals surface area contributed by atoms with Crippen molar-refractivity contribution < 1.29 is 13.2 Å². The van der Waals surface area contributed by atoms with Gasteiger partial charge in [0.05, 0.1) is 11.6 Å². The topological polar surface area (TPSA) is 12.0 Å². The lowest BCUT2D eigenvalue weighted by Crippen LogP contribution is -2.27. The Hall–Kier alpha value is -2.23. The van der Waals surface area contributed by atoms with Crippen LogP contribution in [0.2, 0.25) is 0 Å². The van der Waals surface area contributed by atoms with Crippen LogP contribution in [0.1, 0.15) is 24.0 Å². The van der Waals surface area contributed by atoms with Crippen molar-refractivity contribution in [2.75, 3.05) is 0 Å². The van der Waals surface area contributed by atoms with E-state index >= 15 is 0 Å². The molecule has 0 radical (unpaired) electrons. The van der Waals surface area contributed by atoms with Crippen LogP contribution in [-0.4, -0.2) is 6.04 Å². The molecule has 1 atom stereocenters. The molecule has 1 nitrogen and oxygen atoms in total. The second-order valence-electron chi connectivity index (χ2n) is 5.35. The molecule has 3 rings (SSSR count). The van der Waals surface area contributed by atoms with Gasteiger partial charge in [0.1, 0.15) is 0 Å². The van der Waals surface area contributed by atoms with Gasteiger partial charge in [-0.25, -0.2) is 0 Å². The van der Waals surface area contributed by atoms with Gasteiger partial charge >= 0.3 is 6.18 Å². The maximum atomic E-state index is 13.2. The Labute approximate surface area is 127 Å². The highest BCUT2D eigenvalue weighted by molar-refractivity contribution is 5.78. The molecule has 0 aromatic heterocycles. The fourth-order valence-electron chi connectivity index (χ4n) is 2.78. The summed E-state index contributed by atoms with van der Waals surface area (Å²) in [5.41, 5.74) is 1.43. The van der Waals surface area contributed by atoms with Gasteiger partial charge in [0.15, 0.2) is 0 Å². The predicted molar refractivity (Wildman–Crippen MR) is 81.9 cm³/mol. The van der Waals surface area contributed by atoms with E-state index in [1.54, 1.807) is 18.3 Å². The van der Waals surface area contributed by atoms with Gasteiger partial charge < -0.3 is 5.32 Å². The minimum Gasteiger partial charge on any atom is -0.381 e. The molecule has 0 saturated carbocycles. The number of allylic oxidation sites excluding steroid dienone is 5. The zero-order valence-electron chi connectivity index (χ0n) is 11.9. The number of dihydropyridines is 1. The number of nitrogens with one attached hydrogen (secondary N) is 1. The van der Waals surface area contributed by atoms with Crippen LogP contribution in [0, 0.1) is 0 Å². The standard InChI is InChI=1S/C18H16F3N/c19-18(20,21)16-9-5-4-8-15(16)14-10-11-22-17(12-14)13-6-2-1-3-7-13/h1-2,4-6,8-12,17,22H,3,7H2. The van der Waals surface area contributed by atoms with E-state index in [1.807, 2.05) is 18.2 Å². The van der Waals surface area contributed by atoms with Crippen LogP contribution in [0.15, 0.2) is 66.4 Å². The zero-order valence-corrected chi connectivity index (χ0v) is 11.9. The van der Waals surface area contributed by atoms with E-state index in [4.69, 9.17) is 0 Å². The van der Waals surface area contributed by atoms with Crippen LogP contribution in [0.4, 0.5) is 13.2 Å². The average Bonchev–Trinajstić information content (AvgIpc) is 2.55. The molecular weight excluding hydrogens is 287 g/mol. The fraction of sp³-hybridized carbons (Fsp3) is 0.222. The third kappa shape index (κ3) is 3.01. The second-order valence-corrected chi connectivity index (χ2v) is 5.35. The Bertz CT molecular complexity index is 678. The van der Waals surface area contributed by atoms with Gasteiger partial charge in [-0.15, -0.1) is 0 Å². The first-order chi connectivity index (χ1) is 10.6. The Kier molecular flexibility index (Phi) is 3.92. The molecular formula is C18H16F3N. The molecule has 1 aromatic rings. The molecule has 1 N–H and O–H groups in total. The summed E-state index contributed by atoms with van der Waals surface area (Å²) in [6.45, 7) is 0. The Morgan fingerprint density at radius 3 is 2.68 bits per heavy atom. The van der Waals surface area contributed by atoms with Gasteiger partial charge in [0, 0.05) is 0 Å². The first-order valence-corrected chi connectivity index (χ1v) is 7.22. The van der Waals surface area contributed by atoms with Crippen molar-refractivity contribution in [1.82, 2.24) is 5.32 Å². The summed E-state index contributed by atoms with van der Waals surface area (Å²) in [5, 5.41) is 3.21. The summed E-state index contributed by atoms with van der Waals surface area (Å²) < 4.78 is 39.5. The normalized spacial score (nSPS) is 21.1. The lowest BCUT2D eigenvalue weighted by molar-refractivity contribution is -0.137. The van der Waals surface area contributed by atoms with Crippen molar-refractivity contribution in [2.45, 2.75) is 25.1 Å². The third-order valence-corrected chi connectivity index (χ3v) is 3.87. The molecule has 0 saturated heterocycles. The molecule has 0 fully saturated rings. The molecule has 22 heavy (non-hydrogen) atoms. The summed E-state index contributed by atoms with van der Waals surface area (Å²) in [4.78, 5) is 0. The molecule has 0 amide bonds. The van der Waals surface area contributed by atoms with Crippen molar-refractivity contribution >= 4 is 5.57 Å². The first-order valence-electron chi connectivity index (χ1n) is 7.22. The molecule has 0 spiro atoms. The number of alkyl halides is 3. The van der Waals surface area contributed by atoms with Crippen molar-refractivity contribution in [3.8, 4) is 0 Å². The van der Waals surface area contributed by atoms with Gasteiger partial charge in [-0.3, -0.25) is 0 Å². The smallest absolute Gasteiger partial charge is 0.381 e. The van der Waals surface area contributed by atoms with Gasteiger partial charge in [-0.1, -0.05) is 42.5 Å². The van der Waals surface area contributed by atoms with Crippen LogP contribution < -0.4 is 5.32 Å². The molecule has 1 aromatic carbocycles. The van der Waals surface area contributed by atoms with Crippen molar-refractivity contribution in [2.24, 2.45) is 0 Å². The number of hydrogen-bond acceptors (Lipinski definition) is 1. The van der Waals surface area contributed by atoms with Crippen molar-refractivity contribution in [3.05, 3.63) is 77.5 Å². The quantitative estimate of drug-likeness (QED) is 0.823. The lowest BCUT2D eigenvalue weighted by Gasteiger charge is -2.24. The van der Waals surface area contributed by atoms with E-state index in [2.05, 4.69) is 11.4 Å². The number of hydrogen-bond donors (Lipinski definition) is 1. The molecule has 2 aliphatic rings. The molecule has 1 aliphatic carbocycles. The van der Waals surface area contributed by atoms with E-state index in [9.17, 15) is 13.2 Å². The van der Waals surface area contributed by atoms with Crippen LogP contribution >= 0.6 is 0 Å². The molecule has 1 aliphatic heterocycles. The summed E-state index contributed by atoms with van der Waals surface area (Å²) in [5.74, 6) is 0. The predicted octanol–water partition coefficient (Wildman–Crippen LogP) is 4.85. The highest BCUT2D eigenvalue weighted by Crippen LogP contribution is 2.36. The summed E-state index contributed by atoms with van der Waals surface area (Å²) in [7, 11) is 0. The van der Waals surface area contributed by atoms with Crippen LogP contribution in [0.5, 0.6) is 0 Å². The maximum Gasteiger partial charge on any atom is 0.417 e. The second kappa shape index (κ2) is 5.87. The molecule has 114 valence electrons. The van der Waals surface area contributed by atoms with E-state index in [0.717, 1.165) is 18.9 Å². The highest BCUT2D eigenvalue weighted by atomic mass is 19.4. The zero-order chi connectivity index (χ0) is 15.6. The average molecular weight is 303 g/mol. The van der Waals surface area contributed by atoms with Crippen LogP contribution in [0.25, 0.3) is 5.57 Å². The van der Waals surface area contributed by atoms with Crippen molar-refractivity contribution in [1.29, 1.82) is 0 Å². The van der Waals surface area contributed by atoms with E-state index in [-0.39, 0.29) is 11.6 Å². The summed E-state index contributed by atoms with van der Waals surface area (Å²) >= 11 is 0. The van der Waals surface area contributed by atoms with Crippen LogP contribution in [0.3, 0.4) is 0 Å². The van der Waals surface area contributed by atoms with Crippen LogP contribution in [-0.2, 0) is 6.18 Å². The van der Waals surface area contributed by atoms with E-state index in [1.165, 1.54) is 17.7 Å². The number of rotatable bonds is 2. The SMILES string of the molecule is FC(F)(F)c1ccccc1C1=CC(C2=CC=CCC2)NC=C1. The molecule has 1 unspecified atom stereocenters. The minimum atomic E-state index is -4.35. The number of halogens is 3. The monoisotopic (exact) mass is 303 g/mol. The van der Waals surface area contributed by atoms with E-state index in [0.29, 0.717) is 5.57 Å². The number of benzene rings is 1. The van der Waals surface area contributed by atoms with Gasteiger partial charge in [0.2, 0.25) is 0 Å². The Morgan fingerprint density at radius 1 is 1.14 bits per heavy atom. The molecule has 4 heteroatoms.